The Kier molecular flexibility index (Phi) is 2.65. The molecule has 1 unspecified atom stereocenters. The molecule has 1 aliphatic heterocycles. The Balaban J connectivity index is 1.78. The normalized spacial score (nSPS) is 22.0. The van der Waals surface area contributed by atoms with Crippen LogP contribution in [0.4, 0.5) is 10.1 Å². The quantitative estimate of drug-likeness (QED) is 0.770. The van der Waals surface area contributed by atoms with Crippen molar-refractivity contribution in [2.75, 3.05) is 24.2 Å². The summed E-state index contributed by atoms with van der Waals surface area (Å²) in [6, 6.07) is 0. The third-order valence-corrected chi connectivity index (χ3v) is 2.81. The van der Waals surface area contributed by atoms with Crippen LogP contribution in [0.15, 0.2) is 6.20 Å². The van der Waals surface area contributed by atoms with Gasteiger partial charge in [0.1, 0.15) is 5.00 Å². The standard InChI is InChI=1S/C8H13N3OS/c9-7-5-11-8(13-7)10-4-6-2-1-3-12-6/h5-6H,1-4,9H2,(H,10,11). The summed E-state index contributed by atoms with van der Waals surface area (Å²) in [6.45, 7) is 1.74. The molecule has 0 aromatic carbocycles. The zero-order valence-electron chi connectivity index (χ0n) is 7.32. The van der Waals surface area contributed by atoms with E-state index in [2.05, 4.69) is 10.3 Å². The van der Waals surface area contributed by atoms with Crippen molar-refractivity contribution in [2.45, 2.75) is 18.9 Å². The second kappa shape index (κ2) is 3.93. The lowest BCUT2D eigenvalue weighted by molar-refractivity contribution is 0.120. The predicted molar refractivity (Wildman–Crippen MR) is 54.0 cm³/mol. The van der Waals surface area contributed by atoms with Gasteiger partial charge in [-0.1, -0.05) is 11.3 Å². The predicted octanol–water partition coefficient (Wildman–Crippen LogP) is 1.32. The molecule has 0 aliphatic carbocycles. The highest BCUT2D eigenvalue weighted by Crippen LogP contribution is 2.20. The minimum atomic E-state index is 0.352. The van der Waals surface area contributed by atoms with Crippen LogP contribution >= 0.6 is 11.3 Å². The number of nitrogen functional groups attached to an aromatic ring is 1. The van der Waals surface area contributed by atoms with Crippen LogP contribution in [-0.2, 0) is 4.74 Å². The van der Waals surface area contributed by atoms with Gasteiger partial charge in [0.05, 0.1) is 12.3 Å². The summed E-state index contributed by atoms with van der Waals surface area (Å²) in [4.78, 5) is 4.10. The monoisotopic (exact) mass is 199 g/mol. The summed E-state index contributed by atoms with van der Waals surface area (Å²) in [7, 11) is 0. The first-order chi connectivity index (χ1) is 6.34. The molecular weight excluding hydrogens is 186 g/mol. The molecule has 0 bridgehead atoms. The number of rotatable bonds is 3. The Bertz CT molecular complexity index is 270. The van der Waals surface area contributed by atoms with Crippen molar-refractivity contribution >= 4 is 21.5 Å². The van der Waals surface area contributed by atoms with Crippen LogP contribution in [0.25, 0.3) is 0 Å². The maximum absolute atomic E-state index is 5.55. The van der Waals surface area contributed by atoms with E-state index in [0.717, 1.165) is 29.7 Å². The summed E-state index contributed by atoms with van der Waals surface area (Å²) < 4.78 is 5.46. The van der Waals surface area contributed by atoms with Gasteiger partial charge in [-0.25, -0.2) is 4.98 Å². The summed E-state index contributed by atoms with van der Waals surface area (Å²) in [5.74, 6) is 0. The van der Waals surface area contributed by atoms with E-state index in [1.807, 2.05) is 0 Å². The zero-order chi connectivity index (χ0) is 9.10. The minimum absolute atomic E-state index is 0.352. The molecule has 72 valence electrons. The Hall–Kier alpha value is -0.810. The lowest BCUT2D eigenvalue weighted by atomic mass is 10.2. The van der Waals surface area contributed by atoms with Crippen LogP contribution in [-0.4, -0.2) is 24.2 Å². The highest BCUT2D eigenvalue weighted by atomic mass is 32.1. The minimum Gasteiger partial charge on any atom is -0.389 e. The van der Waals surface area contributed by atoms with Crippen molar-refractivity contribution in [2.24, 2.45) is 0 Å². The molecule has 0 radical (unpaired) electrons. The second-order valence-electron chi connectivity index (χ2n) is 3.08. The molecule has 0 spiro atoms. The zero-order valence-corrected chi connectivity index (χ0v) is 8.14. The molecule has 13 heavy (non-hydrogen) atoms. The van der Waals surface area contributed by atoms with Gasteiger partial charge in [0.25, 0.3) is 0 Å². The molecule has 1 atom stereocenters. The molecule has 1 fully saturated rings. The molecular formula is C8H13N3OS. The van der Waals surface area contributed by atoms with Gasteiger partial charge in [-0.2, -0.15) is 0 Å². The number of nitrogens with one attached hydrogen (secondary N) is 1. The third-order valence-electron chi connectivity index (χ3n) is 2.03. The molecule has 1 aliphatic rings. The van der Waals surface area contributed by atoms with E-state index in [1.54, 1.807) is 6.20 Å². The largest absolute Gasteiger partial charge is 0.389 e. The van der Waals surface area contributed by atoms with E-state index in [4.69, 9.17) is 10.5 Å². The molecule has 5 heteroatoms. The Morgan fingerprint density at radius 1 is 1.77 bits per heavy atom. The molecule has 3 N–H and O–H groups in total. The summed E-state index contributed by atoms with van der Waals surface area (Å²) in [5, 5.41) is 4.84. The first kappa shape index (κ1) is 8.77. The summed E-state index contributed by atoms with van der Waals surface area (Å²) in [6.07, 6.45) is 4.34. The lowest BCUT2D eigenvalue weighted by Crippen LogP contribution is -2.18. The van der Waals surface area contributed by atoms with Crippen LogP contribution in [0.2, 0.25) is 0 Å². The van der Waals surface area contributed by atoms with Crippen molar-refractivity contribution in [3.8, 4) is 0 Å². The molecule has 2 rings (SSSR count). The first-order valence-corrected chi connectivity index (χ1v) is 5.23. The SMILES string of the molecule is Nc1cnc(NCC2CCCO2)s1. The Labute approximate surface area is 81.1 Å². The number of nitrogens with zero attached hydrogens (tertiary/aromatic N) is 1. The summed E-state index contributed by atoms with van der Waals surface area (Å²) in [5.41, 5.74) is 5.55. The van der Waals surface area contributed by atoms with Crippen molar-refractivity contribution < 1.29 is 4.74 Å². The molecule has 1 aromatic heterocycles. The van der Waals surface area contributed by atoms with E-state index in [1.165, 1.54) is 17.8 Å². The topological polar surface area (TPSA) is 60.2 Å². The first-order valence-electron chi connectivity index (χ1n) is 4.41. The van der Waals surface area contributed by atoms with Crippen molar-refractivity contribution in [3.05, 3.63) is 6.20 Å². The number of aromatic nitrogens is 1. The van der Waals surface area contributed by atoms with E-state index in [-0.39, 0.29) is 0 Å². The fourth-order valence-electron chi connectivity index (χ4n) is 1.37. The summed E-state index contributed by atoms with van der Waals surface area (Å²) >= 11 is 1.47. The van der Waals surface area contributed by atoms with Gasteiger partial charge in [-0.05, 0) is 12.8 Å². The van der Waals surface area contributed by atoms with Crippen molar-refractivity contribution in [1.29, 1.82) is 0 Å². The van der Waals surface area contributed by atoms with Gasteiger partial charge in [-0.3, -0.25) is 0 Å². The molecule has 1 saturated heterocycles. The maximum Gasteiger partial charge on any atom is 0.184 e. The highest BCUT2D eigenvalue weighted by molar-refractivity contribution is 7.19. The Morgan fingerprint density at radius 2 is 2.69 bits per heavy atom. The molecule has 2 heterocycles. The number of hydrogen-bond donors (Lipinski definition) is 2. The van der Waals surface area contributed by atoms with Gasteiger partial charge in [0.15, 0.2) is 5.13 Å². The van der Waals surface area contributed by atoms with Crippen molar-refractivity contribution in [1.82, 2.24) is 4.98 Å². The van der Waals surface area contributed by atoms with Crippen LogP contribution in [0.1, 0.15) is 12.8 Å². The average molecular weight is 199 g/mol. The number of thiazole rings is 1. The number of hydrogen-bond acceptors (Lipinski definition) is 5. The van der Waals surface area contributed by atoms with Gasteiger partial charge >= 0.3 is 0 Å². The molecule has 1 aromatic rings. The van der Waals surface area contributed by atoms with Gasteiger partial charge < -0.3 is 15.8 Å². The lowest BCUT2D eigenvalue weighted by Gasteiger charge is -2.08. The van der Waals surface area contributed by atoms with Crippen LogP contribution in [0, 0.1) is 0 Å². The van der Waals surface area contributed by atoms with Crippen LogP contribution < -0.4 is 11.1 Å². The second-order valence-corrected chi connectivity index (χ2v) is 4.15. The van der Waals surface area contributed by atoms with Crippen LogP contribution in [0.5, 0.6) is 0 Å². The van der Waals surface area contributed by atoms with Gasteiger partial charge in [-0.15, -0.1) is 0 Å². The average Bonchev–Trinajstić information content (AvgIpc) is 2.71. The van der Waals surface area contributed by atoms with E-state index in [0.29, 0.717) is 6.10 Å². The number of nitrogens with two attached hydrogens (primary N) is 1. The Morgan fingerprint density at radius 3 is 3.31 bits per heavy atom. The van der Waals surface area contributed by atoms with E-state index in [9.17, 15) is 0 Å². The molecule has 0 saturated carbocycles. The fourth-order valence-corrected chi connectivity index (χ4v) is 1.96. The van der Waals surface area contributed by atoms with Crippen molar-refractivity contribution in [3.63, 3.8) is 0 Å². The third kappa shape index (κ3) is 2.32. The highest BCUT2D eigenvalue weighted by Gasteiger charge is 2.15. The van der Waals surface area contributed by atoms with E-state index < -0.39 is 0 Å². The van der Waals surface area contributed by atoms with Crippen LogP contribution in [0.3, 0.4) is 0 Å². The van der Waals surface area contributed by atoms with Gasteiger partial charge in [0, 0.05) is 13.2 Å². The fraction of sp³-hybridized carbons (Fsp3) is 0.625. The molecule has 4 nitrogen and oxygen atoms in total. The van der Waals surface area contributed by atoms with Gasteiger partial charge in [0.2, 0.25) is 0 Å². The smallest absolute Gasteiger partial charge is 0.184 e. The number of ether oxygens (including phenoxy) is 1. The molecule has 0 amide bonds. The number of anilines is 2. The van der Waals surface area contributed by atoms with E-state index >= 15 is 0 Å². The maximum atomic E-state index is 5.55.